The molecule has 78 valence electrons. The first-order valence-corrected chi connectivity index (χ1v) is 6.16. The van der Waals surface area contributed by atoms with Crippen molar-refractivity contribution in [1.29, 1.82) is 0 Å². The van der Waals surface area contributed by atoms with Gasteiger partial charge in [-0.3, -0.25) is 0 Å². The van der Waals surface area contributed by atoms with Crippen LogP contribution in [0.15, 0.2) is 0 Å². The van der Waals surface area contributed by atoms with E-state index >= 15 is 0 Å². The van der Waals surface area contributed by atoms with Crippen LogP contribution in [0.5, 0.6) is 0 Å². The van der Waals surface area contributed by atoms with Crippen LogP contribution in [-0.4, -0.2) is 32.4 Å². The Hall–Kier alpha value is -0.130. The van der Waals surface area contributed by atoms with E-state index in [1.165, 1.54) is 4.31 Å². The summed E-state index contributed by atoms with van der Waals surface area (Å²) >= 11 is 0. The van der Waals surface area contributed by atoms with Crippen LogP contribution in [0, 0.1) is 11.8 Å². The van der Waals surface area contributed by atoms with Gasteiger partial charge in [-0.1, -0.05) is 20.8 Å². The highest BCUT2D eigenvalue weighted by Gasteiger charge is 2.33. The second-order valence-corrected chi connectivity index (χ2v) is 5.53. The highest BCUT2D eigenvalue weighted by Crippen LogP contribution is 2.23. The lowest BCUT2D eigenvalue weighted by Gasteiger charge is -2.15. The summed E-state index contributed by atoms with van der Waals surface area (Å²) in [5, 5.41) is 0. The van der Waals surface area contributed by atoms with Crippen molar-refractivity contribution >= 4 is 10.2 Å². The zero-order valence-electron chi connectivity index (χ0n) is 8.45. The summed E-state index contributed by atoms with van der Waals surface area (Å²) in [6.07, 6.45) is 0. The van der Waals surface area contributed by atoms with E-state index in [4.69, 9.17) is 0 Å². The number of hydrogen-bond acceptors (Lipinski definition) is 2. The van der Waals surface area contributed by atoms with Crippen molar-refractivity contribution < 1.29 is 8.42 Å². The van der Waals surface area contributed by atoms with Crippen molar-refractivity contribution in [2.24, 2.45) is 11.8 Å². The van der Waals surface area contributed by atoms with Crippen molar-refractivity contribution in [2.75, 3.05) is 19.6 Å². The molecule has 0 bridgehead atoms. The van der Waals surface area contributed by atoms with Gasteiger partial charge in [-0.25, -0.2) is 4.72 Å². The smallest absolute Gasteiger partial charge is 0.202 e. The second-order valence-electron chi connectivity index (χ2n) is 3.77. The molecule has 0 saturated carbocycles. The van der Waals surface area contributed by atoms with Gasteiger partial charge in [0.05, 0.1) is 0 Å². The van der Waals surface area contributed by atoms with Crippen LogP contribution in [0.3, 0.4) is 0 Å². The maximum Gasteiger partial charge on any atom is 0.279 e. The van der Waals surface area contributed by atoms with E-state index in [1.807, 2.05) is 0 Å². The average Bonchev–Trinajstić information content (AvgIpc) is 2.33. The highest BCUT2D eigenvalue weighted by molar-refractivity contribution is 7.87. The number of rotatable bonds is 3. The fourth-order valence-corrected chi connectivity index (χ4v) is 2.96. The van der Waals surface area contributed by atoms with Crippen LogP contribution in [0.4, 0.5) is 0 Å². The molecular weight excluding hydrogens is 188 g/mol. The molecular formula is C8H18N2O2S. The van der Waals surface area contributed by atoms with Gasteiger partial charge < -0.3 is 0 Å². The molecule has 1 rings (SSSR count). The van der Waals surface area contributed by atoms with Crippen molar-refractivity contribution in [3.05, 3.63) is 0 Å². The zero-order chi connectivity index (χ0) is 10.1. The van der Waals surface area contributed by atoms with Crippen LogP contribution in [-0.2, 0) is 10.2 Å². The Morgan fingerprint density at radius 3 is 2.15 bits per heavy atom. The predicted octanol–water partition coefficient (Wildman–Crippen LogP) is 0.428. The third kappa shape index (κ3) is 2.42. The summed E-state index contributed by atoms with van der Waals surface area (Å²) in [5.74, 6) is 0.932. The minimum atomic E-state index is -3.19. The molecule has 1 saturated heterocycles. The molecule has 2 atom stereocenters. The van der Waals surface area contributed by atoms with Crippen LogP contribution >= 0.6 is 0 Å². The van der Waals surface area contributed by atoms with E-state index in [2.05, 4.69) is 18.6 Å². The monoisotopic (exact) mass is 206 g/mol. The van der Waals surface area contributed by atoms with E-state index in [9.17, 15) is 8.42 Å². The van der Waals surface area contributed by atoms with Crippen molar-refractivity contribution in [3.8, 4) is 0 Å². The highest BCUT2D eigenvalue weighted by atomic mass is 32.2. The largest absolute Gasteiger partial charge is 0.279 e. The summed E-state index contributed by atoms with van der Waals surface area (Å²) in [6.45, 7) is 7.73. The standard InChI is InChI=1S/C8H18N2O2S/c1-4-9-13(11,12)10-5-7(2)8(3)6-10/h7-9H,4-6H2,1-3H3. The molecule has 1 N–H and O–H groups in total. The first kappa shape index (κ1) is 10.9. The van der Waals surface area contributed by atoms with E-state index in [0.717, 1.165) is 0 Å². The first-order valence-electron chi connectivity index (χ1n) is 4.72. The number of nitrogens with one attached hydrogen (secondary N) is 1. The molecule has 0 amide bonds. The number of nitrogens with zero attached hydrogens (tertiary/aromatic N) is 1. The van der Waals surface area contributed by atoms with E-state index in [0.29, 0.717) is 31.5 Å². The summed E-state index contributed by atoms with van der Waals surface area (Å²) in [4.78, 5) is 0. The Morgan fingerprint density at radius 1 is 1.31 bits per heavy atom. The lowest BCUT2D eigenvalue weighted by atomic mass is 10.0. The molecule has 13 heavy (non-hydrogen) atoms. The third-order valence-electron chi connectivity index (χ3n) is 2.62. The first-order chi connectivity index (χ1) is 5.97. The van der Waals surface area contributed by atoms with Gasteiger partial charge in [0.2, 0.25) is 0 Å². The molecule has 0 aromatic rings. The maximum absolute atomic E-state index is 11.5. The molecule has 1 aliphatic heterocycles. The molecule has 0 aromatic carbocycles. The van der Waals surface area contributed by atoms with Crippen LogP contribution < -0.4 is 4.72 Å². The van der Waals surface area contributed by atoms with Gasteiger partial charge >= 0.3 is 0 Å². The molecule has 5 heteroatoms. The van der Waals surface area contributed by atoms with Crippen LogP contribution in [0.2, 0.25) is 0 Å². The summed E-state index contributed by atoms with van der Waals surface area (Å²) in [7, 11) is -3.19. The molecule has 4 nitrogen and oxygen atoms in total. The Kier molecular flexibility index (Phi) is 3.32. The molecule has 1 heterocycles. The predicted molar refractivity (Wildman–Crippen MR) is 52.5 cm³/mol. The summed E-state index contributed by atoms with van der Waals surface area (Å²) in [6, 6.07) is 0. The molecule has 0 aliphatic carbocycles. The third-order valence-corrected chi connectivity index (χ3v) is 4.25. The molecule has 0 spiro atoms. The zero-order valence-corrected chi connectivity index (χ0v) is 9.26. The molecule has 1 aliphatic rings. The molecule has 2 unspecified atom stereocenters. The Balaban J connectivity index is 2.65. The SMILES string of the molecule is CCNS(=O)(=O)N1CC(C)C(C)C1. The van der Waals surface area contributed by atoms with E-state index in [-0.39, 0.29) is 0 Å². The number of hydrogen-bond donors (Lipinski definition) is 1. The fourth-order valence-electron chi connectivity index (χ4n) is 1.55. The van der Waals surface area contributed by atoms with Crippen molar-refractivity contribution in [3.63, 3.8) is 0 Å². The quantitative estimate of drug-likeness (QED) is 0.728. The van der Waals surface area contributed by atoms with Gasteiger partial charge in [-0.05, 0) is 11.8 Å². The lowest BCUT2D eigenvalue weighted by Crippen LogP contribution is -2.39. The van der Waals surface area contributed by atoms with Crippen LogP contribution in [0.1, 0.15) is 20.8 Å². The van der Waals surface area contributed by atoms with E-state index < -0.39 is 10.2 Å². The van der Waals surface area contributed by atoms with Crippen LogP contribution in [0.25, 0.3) is 0 Å². The fraction of sp³-hybridized carbons (Fsp3) is 1.00. The molecule has 0 aromatic heterocycles. The van der Waals surface area contributed by atoms with Gasteiger partial charge in [-0.15, -0.1) is 0 Å². The molecule has 1 fully saturated rings. The van der Waals surface area contributed by atoms with Gasteiger partial charge in [0.25, 0.3) is 10.2 Å². The Morgan fingerprint density at radius 2 is 1.77 bits per heavy atom. The van der Waals surface area contributed by atoms with Gasteiger partial charge in [0.15, 0.2) is 0 Å². The molecule has 0 radical (unpaired) electrons. The summed E-state index contributed by atoms with van der Waals surface area (Å²) < 4.78 is 27.1. The van der Waals surface area contributed by atoms with Crippen molar-refractivity contribution in [1.82, 2.24) is 9.03 Å². The topological polar surface area (TPSA) is 49.4 Å². The Labute approximate surface area is 80.5 Å². The van der Waals surface area contributed by atoms with Crippen molar-refractivity contribution in [2.45, 2.75) is 20.8 Å². The second kappa shape index (κ2) is 3.94. The maximum atomic E-state index is 11.5. The van der Waals surface area contributed by atoms with E-state index in [1.54, 1.807) is 6.92 Å². The minimum absolute atomic E-state index is 0.460. The lowest BCUT2D eigenvalue weighted by molar-refractivity contribution is 0.453. The Bertz CT molecular complexity index is 253. The normalized spacial score (nSPS) is 31.0. The van der Waals surface area contributed by atoms with Gasteiger partial charge in [0.1, 0.15) is 0 Å². The van der Waals surface area contributed by atoms with Gasteiger partial charge in [-0.2, -0.15) is 12.7 Å². The summed E-state index contributed by atoms with van der Waals surface area (Å²) in [5.41, 5.74) is 0. The minimum Gasteiger partial charge on any atom is -0.202 e. The average molecular weight is 206 g/mol. The van der Waals surface area contributed by atoms with Gasteiger partial charge in [0, 0.05) is 19.6 Å².